The van der Waals surface area contributed by atoms with E-state index < -0.39 is 0 Å². The Balaban J connectivity index is 2.13. The van der Waals surface area contributed by atoms with Gasteiger partial charge >= 0.3 is 6.03 Å². The maximum absolute atomic E-state index is 11.6. The zero-order valence-corrected chi connectivity index (χ0v) is 10.4. The summed E-state index contributed by atoms with van der Waals surface area (Å²) in [5, 5.41) is 5.97. The molecule has 1 atom stereocenters. The first kappa shape index (κ1) is 13.3. The summed E-state index contributed by atoms with van der Waals surface area (Å²) in [6.45, 7) is 2.68. The predicted octanol–water partition coefficient (Wildman–Crippen LogP) is 2.04. The minimum Gasteiger partial charge on any atom is -0.385 e. The summed E-state index contributed by atoms with van der Waals surface area (Å²) in [7, 11) is 1.68. The molecular weight excluding hydrogens is 204 g/mol. The lowest BCUT2D eigenvalue weighted by Gasteiger charge is -2.24. The van der Waals surface area contributed by atoms with E-state index >= 15 is 0 Å². The topological polar surface area (TPSA) is 50.4 Å². The molecule has 0 aliphatic heterocycles. The standard InChI is InChI=1S/C12H24N2O2/c1-10(8-9-16-2)13-12(15)14-11-6-4-3-5-7-11/h10-11H,3-9H2,1-2H3,(H2,13,14,15). The van der Waals surface area contributed by atoms with Gasteiger partial charge in [-0.3, -0.25) is 0 Å². The largest absolute Gasteiger partial charge is 0.385 e. The van der Waals surface area contributed by atoms with E-state index in [0.717, 1.165) is 19.3 Å². The van der Waals surface area contributed by atoms with Gasteiger partial charge in [0, 0.05) is 25.8 Å². The van der Waals surface area contributed by atoms with Crippen LogP contribution in [0.1, 0.15) is 45.4 Å². The number of carbonyl (C=O) groups is 1. The van der Waals surface area contributed by atoms with Gasteiger partial charge in [-0.25, -0.2) is 4.79 Å². The molecule has 0 bridgehead atoms. The average molecular weight is 228 g/mol. The van der Waals surface area contributed by atoms with Gasteiger partial charge in [0.2, 0.25) is 0 Å². The Labute approximate surface area is 98.1 Å². The Morgan fingerprint density at radius 2 is 2.06 bits per heavy atom. The van der Waals surface area contributed by atoms with Crippen molar-refractivity contribution in [1.29, 1.82) is 0 Å². The molecule has 1 saturated carbocycles. The molecule has 4 nitrogen and oxygen atoms in total. The fourth-order valence-electron chi connectivity index (χ4n) is 2.06. The first-order valence-electron chi connectivity index (χ1n) is 6.28. The fraction of sp³-hybridized carbons (Fsp3) is 0.917. The zero-order chi connectivity index (χ0) is 11.8. The van der Waals surface area contributed by atoms with Gasteiger partial charge in [-0.05, 0) is 26.2 Å². The van der Waals surface area contributed by atoms with Crippen LogP contribution < -0.4 is 10.6 Å². The molecule has 1 unspecified atom stereocenters. The van der Waals surface area contributed by atoms with Gasteiger partial charge in [0.25, 0.3) is 0 Å². The van der Waals surface area contributed by atoms with E-state index in [-0.39, 0.29) is 12.1 Å². The molecule has 0 aromatic carbocycles. The van der Waals surface area contributed by atoms with Crippen molar-refractivity contribution >= 4 is 6.03 Å². The second-order valence-electron chi connectivity index (χ2n) is 4.64. The van der Waals surface area contributed by atoms with Crippen molar-refractivity contribution in [1.82, 2.24) is 10.6 Å². The molecule has 4 heteroatoms. The second kappa shape index (κ2) is 7.49. The first-order chi connectivity index (χ1) is 7.72. The van der Waals surface area contributed by atoms with Crippen molar-refractivity contribution in [2.75, 3.05) is 13.7 Å². The van der Waals surface area contributed by atoms with Crippen LogP contribution in [0.15, 0.2) is 0 Å². The van der Waals surface area contributed by atoms with Crippen LogP contribution in [0.25, 0.3) is 0 Å². The van der Waals surface area contributed by atoms with Crippen molar-refractivity contribution in [3.05, 3.63) is 0 Å². The number of urea groups is 1. The summed E-state index contributed by atoms with van der Waals surface area (Å²) in [5.74, 6) is 0. The first-order valence-corrected chi connectivity index (χ1v) is 6.28. The molecule has 2 amide bonds. The van der Waals surface area contributed by atoms with Crippen LogP contribution in [0.5, 0.6) is 0 Å². The second-order valence-corrected chi connectivity index (χ2v) is 4.64. The molecule has 1 fully saturated rings. The molecule has 0 aromatic rings. The maximum atomic E-state index is 11.6. The summed E-state index contributed by atoms with van der Waals surface area (Å²) >= 11 is 0. The lowest BCUT2D eigenvalue weighted by atomic mass is 9.96. The molecule has 94 valence electrons. The number of amides is 2. The van der Waals surface area contributed by atoms with E-state index in [1.54, 1.807) is 7.11 Å². The van der Waals surface area contributed by atoms with Crippen LogP contribution in [-0.2, 0) is 4.74 Å². The van der Waals surface area contributed by atoms with Crippen LogP contribution in [0.4, 0.5) is 4.79 Å². The zero-order valence-electron chi connectivity index (χ0n) is 10.4. The molecule has 1 rings (SSSR count). The Morgan fingerprint density at radius 1 is 1.38 bits per heavy atom. The highest BCUT2D eigenvalue weighted by Crippen LogP contribution is 2.17. The van der Waals surface area contributed by atoms with Crippen LogP contribution in [0, 0.1) is 0 Å². The molecule has 2 N–H and O–H groups in total. The number of methoxy groups -OCH3 is 1. The summed E-state index contributed by atoms with van der Waals surface area (Å²) in [5.41, 5.74) is 0. The van der Waals surface area contributed by atoms with Gasteiger partial charge < -0.3 is 15.4 Å². The molecular formula is C12H24N2O2. The molecule has 0 radical (unpaired) electrons. The minimum atomic E-state index is -0.0319. The van der Waals surface area contributed by atoms with Gasteiger partial charge in [-0.1, -0.05) is 19.3 Å². The van der Waals surface area contributed by atoms with E-state index in [9.17, 15) is 4.79 Å². The number of hydrogen-bond donors (Lipinski definition) is 2. The predicted molar refractivity (Wildman–Crippen MR) is 64.5 cm³/mol. The summed E-state index contributed by atoms with van der Waals surface area (Å²) < 4.78 is 4.97. The fourth-order valence-corrected chi connectivity index (χ4v) is 2.06. The van der Waals surface area contributed by atoms with Gasteiger partial charge in [0.05, 0.1) is 0 Å². The van der Waals surface area contributed by atoms with Crippen molar-refractivity contribution in [2.24, 2.45) is 0 Å². The van der Waals surface area contributed by atoms with Crippen LogP contribution >= 0.6 is 0 Å². The Hall–Kier alpha value is -0.770. The van der Waals surface area contributed by atoms with E-state index in [0.29, 0.717) is 12.6 Å². The highest BCUT2D eigenvalue weighted by molar-refractivity contribution is 5.74. The third-order valence-electron chi connectivity index (χ3n) is 3.07. The third-order valence-corrected chi connectivity index (χ3v) is 3.07. The Bertz CT molecular complexity index is 203. The van der Waals surface area contributed by atoms with Crippen molar-refractivity contribution in [2.45, 2.75) is 57.5 Å². The van der Waals surface area contributed by atoms with Crippen molar-refractivity contribution < 1.29 is 9.53 Å². The third kappa shape index (κ3) is 5.35. The lowest BCUT2D eigenvalue weighted by molar-refractivity contribution is 0.183. The molecule has 0 aromatic heterocycles. The smallest absolute Gasteiger partial charge is 0.315 e. The number of rotatable bonds is 5. The van der Waals surface area contributed by atoms with E-state index in [1.807, 2.05) is 6.92 Å². The van der Waals surface area contributed by atoms with Crippen molar-refractivity contribution in [3.8, 4) is 0 Å². The molecule has 16 heavy (non-hydrogen) atoms. The maximum Gasteiger partial charge on any atom is 0.315 e. The van der Waals surface area contributed by atoms with Gasteiger partial charge in [-0.2, -0.15) is 0 Å². The quantitative estimate of drug-likeness (QED) is 0.756. The Kier molecular flexibility index (Phi) is 6.23. The molecule has 1 aliphatic rings. The average Bonchev–Trinajstić information content (AvgIpc) is 2.27. The normalized spacial score (nSPS) is 19.1. The summed E-state index contributed by atoms with van der Waals surface area (Å²) in [4.78, 5) is 11.6. The summed E-state index contributed by atoms with van der Waals surface area (Å²) in [6.07, 6.45) is 6.90. The highest BCUT2D eigenvalue weighted by atomic mass is 16.5. The van der Waals surface area contributed by atoms with E-state index in [1.165, 1.54) is 19.3 Å². The number of ether oxygens (including phenoxy) is 1. The summed E-state index contributed by atoms with van der Waals surface area (Å²) in [6, 6.07) is 0.516. The van der Waals surface area contributed by atoms with E-state index in [4.69, 9.17) is 4.74 Å². The van der Waals surface area contributed by atoms with Gasteiger partial charge in [0.1, 0.15) is 0 Å². The van der Waals surface area contributed by atoms with Crippen LogP contribution in [0.3, 0.4) is 0 Å². The molecule has 0 saturated heterocycles. The van der Waals surface area contributed by atoms with Crippen LogP contribution in [-0.4, -0.2) is 31.8 Å². The van der Waals surface area contributed by atoms with Crippen LogP contribution in [0.2, 0.25) is 0 Å². The van der Waals surface area contributed by atoms with E-state index in [2.05, 4.69) is 10.6 Å². The van der Waals surface area contributed by atoms with Crippen molar-refractivity contribution in [3.63, 3.8) is 0 Å². The van der Waals surface area contributed by atoms with Gasteiger partial charge in [0.15, 0.2) is 0 Å². The minimum absolute atomic E-state index is 0.0319. The molecule has 1 aliphatic carbocycles. The molecule has 0 spiro atoms. The lowest BCUT2D eigenvalue weighted by Crippen LogP contribution is -2.46. The number of hydrogen-bond acceptors (Lipinski definition) is 2. The molecule has 0 heterocycles. The number of nitrogens with one attached hydrogen (secondary N) is 2. The van der Waals surface area contributed by atoms with Gasteiger partial charge in [-0.15, -0.1) is 0 Å². The SMILES string of the molecule is COCCC(C)NC(=O)NC1CCCCC1. The number of carbonyl (C=O) groups excluding carboxylic acids is 1. The highest BCUT2D eigenvalue weighted by Gasteiger charge is 2.16. The monoisotopic (exact) mass is 228 g/mol. The Morgan fingerprint density at radius 3 is 2.69 bits per heavy atom.